The average Bonchev–Trinajstić information content (AvgIpc) is 2.39. The van der Waals surface area contributed by atoms with Crippen molar-refractivity contribution in [3.05, 3.63) is 54.2 Å². The first-order valence-electron chi connectivity index (χ1n) is 6.16. The number of hydrogen-bond acceptors (Lipinski definition) is 3. The van der Waals surface area contributed by atoms with Crippen LogP contribution in [0.2, 0.25) is 0 Å². The first-order chi connectivity index (χ1) is 8.66. The van der Waals surface area contributed by atoms with Crippen molar-refractivity contribution in [1.29, 1.82) is 0 Å². The van der Waals surface area contributed by atoms with Crippen molar-refractivity contribution >= 4 is 11.5 Å². The molecule has 1 aromatic heterocycles. The molecule has 0 spiro atoms. The van der Waals surface area contributed by atoms with Crippen LogP contribution in [0.15, 0.2) is 48.7 Å². The maximum Gasteiger partial charge on any atom is 0.132 e. The molecule has 3 heteroatoms. The summed E-state index contributed by atoms with van der Waals surface area (Å²) in [5, 5.41) is 0. The zero-order valence-corrected chi connectivity index (χ0v) is 10.9. The first-order valence-corrected chi connectivity index (χ1v) is 6.16. The molecule has 2 rings (SSSR count). The number of nitrogens with two attached hydrogens (primary N) is 1. The SMILES string of the molecule is CC(N)Cc1ccc(N(C)c2ccccc2)nc1. The Morgan fingerprint density at radius 3 is 2.44 bits per heavy atom. The molecule has 0 aliphatic heterocycles. The molecule has 0 radical (unpaired) electrons. The van der Waals surface area contributed by atoms with Gasteiger partial charge in [0.05, 0.1) is 0 Å². The molecule has 94 valence electrons. The topological polar surface area (TPSA) is 42.1 Å². The van der Waals surface area contributed by atoms with E-state index in [1.54, 1.807) is 0 Å². The van der Waals surface area contributed by atoms with Crippen molar-refractivity contribution in [2.75, 3.05) is 11.9 Å². The largest absolute Gasteiger partial charge is 0.329 e. The lowest BCUT2D eigenvalue weighted by Crippen LogP contribution is -2.18. The number of anilines is 2. The van der Waals surface area contributed by atoms with Crippen molar-refractivity contribution in [3.63, 3.8) is 0 Å². The predicted octanol–water partition coefficient (Wildman–Crippen LogP) is 2.74. The molecule has 0 saturated heterocycles. The maximum atomic E-state index is 5.78. The maximum absolute atomic E-state index is 5.78. The van der Waals surface area contributed by atoms with E-state index in [4.69, 9.17) is 5.73 Å². The van der Waals surface area contributed by atoms with Crippen molar-refractivity contribution in [3.8, 4) is 0 Å². The normalized spacial score (nSPS) is 12.2. The van der Waals surface area contributed by atoms with Crippen molar-refractivity contribution in [2.45, 2.75) is 19.4 Å². The van der Waals surface area contributed by atoms with Crippen LogP contribution in [-0.2, 0) is 6.42 Å². The zero-order valence-electron chi connectivity index (χ0n) is 10.9. The third-order valence-corrected chi connectivity index (χ3v) is 2.85. The van der Waals surface area contributed by atoms with Gasteiger partial charge >= 0.3 is 0 Å². The van der Waals surface area contributed by atoms with Gasteiger partial charge in [0, 0.05) is 25.0 Å². The van der Waals surface area contributed by atoms with Crippen LogP contribution in [0.3, 0.4) is 0 Å². The molecule has 0 saturated carbocycles. The van der Waals surface area contributed by atoms with Crippen LogP contribution in [0.1, 0.15) is 12.5 Å². The van der Waals surface area contributed by atoms with E-state index in [1.165, 1.54) is 5.56 Å². The minimum absolute atomic E-state index is 0.171. The summed E-state index contributed by atoms with van der Waals surface area (Å²) in [7, 11) is 2.02. The molecule has 1 aromatic carbocycles. The van der Waals surface area contributed by atoms with Crippen LogP contribution in [0, 0.1) is 0 Å². The van der Waals surface area contributed by atoms with Crippen LogP contribution in [0.5, 0.6) is 0 Å². The fourth-order valence-corrected chi connectivity index (χ4v) is 1.89. The van der Waals surface area contributed by atoms with Gasteiger partial charge in [0.15, 0.2) is 0 Å². The number of pyridine rings is 1. The molecule has 2 N–H and O–H groups in total. The Morgan fingerprint density at radius 2 is 1.89 bits per heavy atom. The summed E-state index contributed by atoms with van der Waals surface area (Å²) in [5.41, 5.74) is 8.08. The highest BCUT2D eigenvalue weighted by Gasteiger charge is 2.05. The number of hydrogen-bond donors (Lipinski definition) is 1. The van der Waals surface area contributed by atoms with Gasteiger partial charge in [0.1, 0.15) is 5.82 Å². The lowest BCUT2D eigenvalue weighted by atomic mass is 10.1. The van der Waals surface area contributed by atoms with E-state index in [9.17, 15) is 0 Å². The van der Waals surface area contributed by atoms with E-state index in [1.807, 2.05) is 44.4 Å². The van der Waals surface area contributed by atoms with Gasteiger partial charge in [-0.15, -0.1) is 0 Å². The number of para-hydroxylation sites is 1. The highest BCUT2D eigenvalue weighted by atomic mass is 15.2. The smallest absolute Gasteiger partial charge is 0.132 e. The summed E-state index contributed by atoms with van der Waals surface area (Å²) in [4.78, 5) is 6.54. The summed E-state index contributed by atoms with van der Waals surface area (Å²) >= 11 is 0. The second-order valence-corrected chi connectivity index (χ2v) is 4.60. The second kappa shape index (κ2) is 5.65. The molecular formula is C15H19N3. The van der Waals surface area contributed by atoms with E-state index in [2.05, 4.69) is 28.1 Å². The zero-order chi connectivity index (χ0) is 13.0. The number of nitrogens with zero attached hydrogens (tertiary/aromatic N) is 2. The molecule has 0 aliphatic rings. The minimum Gasteiger partial charge on any atom is -0.329 e. The van der Waals surface area contributed by atoms with Crippen LogP contribution in [0.25, 0.3) is 0 Å². The van der Waals surface area contributed by atoms with Crippen LogP contribution in [0.4, 0.5) is 11.5 Å². The summed E-state index contributed by atoms with van der Waals surface area (Å²) in [5.74, 6) is 0.939. The van der Waals surface area contributed by atoms with E-state index in [0.717, 1.165) is 17.9 Å². The van der Waals surface area contributed by atoms with Gasteiger partial charge in [-0.25, -0.2) is 4.98 Å². The minimum atomic E-state index is 0.171. The van der Waals surface area contributed by atoms with E-state index < -0.39 is 0 Å². The Labute approximate surface area is 108 Å². The Bertz CT molecular complexity index is 477. The van der Waals surface area contributed by atoms with Gasteiger partial charge in [-0.3, -0.25) is 0 Å². The van der Waals surface area contributed by atoms with Crippen LogP contribution in [-0.4, -0.2) is 18.1 Å². The fourth-order valence-electron chi connectivity index (χ4n) is 1.89. The average molecular weight is 241 g/mol. The molecule has 18 heavy (non-hydrogen) atoms. The van der Waals surface area contributed by atoms with Gasteiger partial charge in [0.2, 0.25) is 0 Å². The van der Waals surface area contributed by atoms with Gasteiger partial charge in [0.25, 0.3) is 0 Å². The molecular weight excluding hydrogens is 222 g/mol. The molecule has 2 aromatic rings. The molecule has 0 bridgehead atoms. The number of rotatable bonds is 4. The molecule has 0 fully saturated rings. The van der Waals surface area contributed by atoms with E-state index in [0.29, 0.717) is 0 Å². The quantitative estimate of drug-likeness (QED) is 0.895. The van der Waals surface area contributed by atoms with E-state index >= 15 is 0 Å². The van der Waals surface area contributed by atoms with Crippen LogP contribution < -0.4 is 10.6 Å². The second-order valence-electron chi connectivity index (χ2n) is 4.60. The fraction of sp³-hybridized carbons (Fsp3) is 0.267. The van der Waals surface area contributed by atoms with Crippen molar-refractivity contribution < 1.29 is 0 Å². The monoisotopic (exact) mass is 241 g/mol. The molecule has 1 atom stereocenters. The summed E-state index contributed by atoms with van der Waals surface area (Å²) in [6.07, 6.45) is 2.76. The molecule has 0 amide bonds. The summed E-state index contributed by atoms with van der Waals surface area (Å²) in [6.45, 7) is 2.00. The highest BCUT2D eigenvalue weighted by molar-refractivity contribution is 5.58. The molecule has 0 aliphatic carbocycles. The van der Waals surface area contributed by atoms with Gasteiger partial charge in [-0.2, -0.15) is 0 Å². The van der Waals surface area contributed by atoms with Gasteiger partial charge < -0.3 is 10.6 Å². The number of aromatic nitrogens is 1. The van der Waals surface area contributed by atoms with Crippen molar-refractivity contribution in [2.24, 2.45) is 5.73 Å². The van der Waals surface area contributed by atoms with E-state index in [-0.39, 0.29) is 6.04 Å². The predicted molar refractivity (Wildman–Crippen MR) is 76.1 cm³/mol. The first kappa shape index (κ1) is 12.6. The Balaban J connectivity index is 2.14. The summed E-state index contributed by atoms with van der Waals surface area (Å²) in [6, 6.07) is 14.5. The standard InChI is InChI=1S/C15H19N3/c1-12(16)10-13-8-9-15(17-11-13)18(2)14-6-4-3-5-7-14/h3-9,11-12H,10,16H2,1-2H3. The Hall–Kier alpha value is -1.87. The lowest BCUT2D eigenvalue weighted by molar-refractivity contribution is 0.735. The molecule has 1 heterocycles. The Morgan fingerprint density at radius 1 is 1.17 bits per heavy atom. The lowest BCUT2D eigenvalue weighted by Gasteiger charge is -2.18. The third-order valence-electron chi connectivity index (χ3n) is 2.85. The van der Waals surface area contributed by atoms with Crippen LogP contribution >= 0.6 is 0 Å². The van der Waals surface area contributed by atoms with Gasteiger partial charge in [-0.1, -0.05) is 24.3 Å². The Kier molecular flexibility index (Phi) is 3.95. The third kappa shape index (κ3) is 3.08. The van der Waals surface area contributed by atoms with Gasteiger partial charge in [-0.05, 0) is 37.1 Å². The summed E-state index contributed by atoms with van der Waals surface area (Å²) < 4.78 is 0. The molecule has 3 nitrogen and oxygen atoms in total. The highest BCUT2D eigenvalue weighted by Crippen LogP contribution is 2.20. The number of benzene rings is 1. The molecule has 1 unspecified atom stereocenters. The van der Waals surface area contributed by atoms with Crippen molar-refractivity contribution in [1.82, 2.24) is 4.98 Å².